The summed E-state index contributed by atoms with van der Waals surface area (Å²) in [6.45, 7) is 1.24. The lowest BCUT2D eigenvalue weighted by atomic mass is 10.1. The molecule has 1 saturated heterocycles. The molecule has 0 radical (unpaired) electrons. The van der Waals surface area contributed by atoms with Gasteiger partial charge in [0.15, 0.2) is 0 Å². The third-order valence-electron chi connectivity index (χ3n) is 5.36. The van der Waals surface area contributed by atoms with E-state index in [0.29, 0.717) is 24.4 Å². The van der Waals surface area contributed by atoms with Crippen molar-refractivity contribution < 1.29 is 23.5 Å². The summed E-state index contributed by atoms with van der Waals surface area (Å²) in [5, 5.41) is 0.112. The van der Waals surface area contributed by atoms with Crippen LogP contribution in [0.15, 0.2) is 59.7 Å². The number of ketones is 1. The molecule has 164 valence electrons. The van der Waals surface area contributed by atoms with Crippen LogP contribution in [0.2, 0.25) is 0 Å². The molecule has 0 bridgehead atoms. The number of H-pyrrole nitrogens is 1. The summed E-state index contributed by atoms with van der Waals surface area (Å²) < 4.78 is 18.9. The van der Waals surface area contributed by atoms with E-state index in [1.807, 2.05) is 35.2 Å². The van der Waals surface area contributed by atoms with Gasteiger partial charge in [0.05, 0.1) is 12.7 Å². The maximum atomic E-state index is 14.2. The average molecular weight is 436 g/mol. The van der Waals surface area contributed by atoms with Crippen molar-refractivity contribution >= 4 is 34.5 Å². The third kappa shape index (κ3) is 4.09. The molecule has 2 aromatic carbocycles. The summed E-state index contributed by atoms with van der Waals surface area (Å²) in [5.41, 5.74) is 1.21. The fraction of sp³-hybridized carbons (Fsp3) is 0.217. The molecule has 1 aromatic heterocycles. The molecule has 1 aliphatic rings. The van der Waals surface area contributed by atoms with E-state index >= 15 is 0 Å². The van der Waals surface area contributed by atoms with E-state index in [9.17, 15) is 18.8 Å². The van der Waals surface area contributed by atoms with E-state index in [4.69, 9.17) is 0 Å². The standard InChI is InChI=1S/C23H21FN4O4/c1-32-23(31)26-21(15-6-3-2-4-7-15)27-10-12-28(13-11-27)22(30)20(29)16-14-25-18-9-5-8-17(24)19(16)18/h2-9,14,25H,10-13H2,1H3/b26-21+. The summed E-state index contributed by atoms with van der Waals surface area (Å²) in [7, 11) is 1.25. The molecule has 4 rings (SSSR count). The number of hydrogen-bond acceptors (Lipinski definition) is 4. The lowest BCUT2D eigenvalue weighted by Crippen LogP contribution is -2.52. The summed E-state index contributed by atoms with van der Waals surface area (Å²) in [6, 6.07) is 13.6. The summed E-state index contributed by atoms with van der Waals surface area (Å²) in [5.74, 6) is -1.58. The number of piperazine rings is 1. The van der Waals surface area contributed by atoms with Gasteiger partial charge in [0.1, 0.15) is 11.7 Å². The van der Waals surface area contributed by atoms with Gasteiger partial charge in [0, 0.05) is 48.8 Å². The van der Waals surface area contributed by atoms with Crippen LogP contribution in [0.3, 0.4) is 0 Å². The molecule has 9 heteroatoms. The number of amides is 2. The highest BCUT2D eigenvalue weighted by Crippen LogP contribution is 2.23. The van der Waals surface area contributed by atoms with Crippen molar-refractivity contribution in [2.24, 2.45) is 4.99 Å². The molecule has 32 heavy (non-hydrogen) atoms. The molecular weight excluding hydrogens is 415 g/mol. The molecule has 0 saturated carbocycles. The van der Waals surface area contributed by atoms with Gasteiger partial charge in [-0.3, -0.25) is 9.59 Å². The fourth-order valence-corrected chi connectivity index (χ4v) is 3.74. The molecule has 0 aliphatic carbocycles. The van der Waals surface area contributed by atoms with Gasteiger partial charge in [0.2, 0.25) is 0 Å². The highest BCUT2D eigenvalue weighted by atomic mass is 19.1. The number of fused-ring (bicyclic) bond motifs is 1. The number of benzene rings is 2. The van der Waals surface area contributed by atoms with E-state index in [-0.39, 0.29) is 24.0 Å². The number of nitrogens with one attached hydrogen (secondary N) is 1. The van der Waals surface area contributed by atoms with Crippen molar-refractivity contribution in [3.8, 4) is 0 Å². The van der Waals surface area contributed by atoms with Gasteiger partial charge < -0.3 is 19.5 Å². The Bertz CT molecular complexity index is 1200. The highest BCUT2D eigenvalue weighted by molar-refractivity contribution is 6.44. The Hall–Kier alpha value is -4.01. The van der Waals surface area contributed by atoms with Crippen molar-refractivity contribution in [1.82, 2.24) is 14.8 Å². The number of halogens is 1. The number of aromatic amines is 1. The molecule has 0 atom stereocenters. The van der Waals surface area contributed by atoms with Gasteiger partial charge in [-0.1, -0.05) is 36.4 Å². The van der Waals surface area contributed by atoms with Crippen LogP contribution in [0.25, 0.3) is 10.9 Å². The summed E-state index contributed by atoms with van der Waals surface area (Å²) in [6.07, 6.45) is 0.639. The molecule has 3 aromatic rings. The molecular formula is C23H21FN4O4. The number of carbonyl (C=O) groups is 3. The van der Waals surface area contributed by atoms with E-state index in [1.165, 1.54) is 30.3 Å². The Balaban J connectivity index is 1.50. The third-order valence-corrected chi connectivity index (χ3v) is 5.36. The van der Waals surface area contributed by atoms with E-state index in [1.54, 1.807) is 6.07 Å². The zero-order chi connectivity index (χ0) is 22.7. The normalized spacial score (nSPS) is 14.5. The van der Waals surface area contributed by atoms with Crippen LogP contribution in [0, 0.1) is 5.82 Å². The lowest BCUT2D eigenvalue weighted by Gasteiger charge is -2.36. The van der Waals surface area contributed by atoms with Crippen LogP contribution in [0.4, 0.5) is 9.18 Å². The quantitative estimate of drug-likeness (QED) is 0.295. The van der Waals surface area contributed by atoms with Crippen LogP contribution in [0.5, 0.6) is 0 Å². The Morgan fingerprint density at radius 2 is 1.66 bits per heavy atom. The number of amidine groups is 1. The number of aromatic nitrogens is 1. The summed E-state index contributed by atoms with van der Waals surface area (Å²) in [4.78, 5) is 47.6. The van der Waals surface area contributed by atoms with Crippen LogP contribution in [-0.4, -0.2) is 71.7 Å². The Morgan fingerprint density at radius 1 is 0.969 bits per heavy atom. The van der Waals surface area contributed by atoms with E-state index < -0.39 is 23.6 Å². The smallest absolute Gasteiger partial charge is 0.435 e. The zero-order valence-corrected chi connectivity index (χ0v) is 17.4. The number of ether oxygens (including phenoxy) is 1. The topological polar surface area (TPSA) is 95.1 Å². The number of aliphatic imine (C=N–C) groups is 1. The van der Waals surface area contributed by atoms with E-state index in [0.717, 1.165) is 5.56 Å². The lowest BCUT2D eigenvalue weighted by molar-refractivity contribution is -0.127. The number of methoxy groups -OCH3 is 1. The maximum absolute atomic E-state index is 14.2. The first-order valence-electron chi connectivity index (χ1n) is 10.1. The number of nitrogens with zero attached hydrogens (tertiary/aromatic N) is 3. The number of Topliss-reactive ketones (excluding diaryl/α,β-unsaturated/α-hetero) is 1. The molecule has 1 N–H and O–H groups in total. The second kappa shape index (κ2) is 9.01. The second-order valence-electron chi connectivity index (χ2n) is 7.24. The van der Waals surface area contributed by atoms with Crippen LogP contribution < -0.4 is 0 Å². The molecule has 0 unspecified atom stereocenters. The van der Waals surface area contributed by atoms with Gasteiger partial charge in [-0.05, 0) is 12.1 Å². The largest absolute Gasteiger partial charge is 0.451 e. The molecule has 1 aliphatic heterocycles. The molecule has 0 spiro atoms. The van der Waals surface area contributed by atoms with Gasteiger partial charge >= 0.3 is 6.09 Å². The minimum Gasteiger partial charge on any atom is -0.451 e. The Kier molecular flexibility index (Phi) is 5.98. The fourth-order valence-electron chi connectivity index (χ4n) is 3.74. The van der Waals surface area contributed by atoms with Crippen LogP contribution >= 0.6 is 0 Å². The van der Waals surface area contributed by atoms with Gasteiger partial charge in [-0.15, -0.1) is 0 Å². The first kappa shape index (κ1) is 21.2. The Labute approximate surface area is 183 Å². The van der Waals surface area contributed by atoms with E-state index in [2.05, 4.69) is 14.7 Å². The first-order chi connectivity index (χ1) is 15.5. The van der Waals surface area contributed by atoms with Crippen LogP contribution in [0.1, 0.15) is 15.9 Å². The average Bonchev–Trinajstić information content (AvgIpc) is 3.27. The van der Waals surface area contributed by atoms with Crippen molar-refractivity contribution in [2.45, 2.75) is 0 Å². The van der Waals surface area contributed by atoms with Gasteiger partial charge in [-0.25, -0.2) is 9.18 Å². The predicted octanol–water partition coefficient (Wildman–Crippen LogP) is 2.85. The number of hydrogen-bond donors (Lipinski definition) is 1. The highest BCUT2D eigenvalue weighted by Gasteiger charge is 2.30. The SMILES string of the molecule is COC(=O)/N=C(\c1ccccc1)N1CCN(C(=O)C(=O)c2c[nH]c3cccc(F)c23)CC1. The number of rotatable bonds is 3. The second-order valence-corrected chi connectivity index (χ2v) is 7.24. The number of carbonyl (C=O) groups excluding carboxylic acids is 3. The van der Waals surface area contributed by atoms with Crippen molar-refractivity contribution in [2.75, 3.05) is 33.3 Å². The van der Waals surface area contributed by atoms with Gasteiger partial charge in [-0.2, -0.15) is 4.99 Å². The van der Waals surface area contributed by atoms with Crippen molar-refractivity contribution in [3.63, 3.8) is 0 Å². The monoisotopic (exact) mass is 436 g/mol. The molecule has 2 heterocycles. The molecule has 2 amide bonds. The Morgan fingerprint density at radius 3 is 2.34 bits per heavy atom. The molecule has 1 fully saturated rings. The first-order valence-corrected chi connectivity index (χ1v) is 10.1. The molecule has 8 nitrogen and oxygen atoms in total. The van der Waals surface area contributed by atoms with Crippen LogP contribution in [-0.2, 0) is 9.53 Å². The minimum absolute atomic E-state index is 0.0164. The van der Waals surface area contributed by atoms with Gasteiger partial charge in [0.25, 0.3) is 11.7 Å². The van der Waals surface area contributed by atoms with Crippen molar-refractivity contribution in [3.05, 3.63) is 71.7 Å². The van der Waals surface area contributed by atoms with Crippen molar-refractivity contribution in [1.29, 1.82) is 0 Å². The maximum Gasteiger partial charge on any atom is 0.435 e. The minimum atomic E-state index is -0.763. The zero-order valence-electron chi connectivity index (χ0n) is 17.4. The summed E-state index contributed by atoms with van der Waals surface area (Å²) >= 11 is 0. The predicted molar refractivity (Wildman–Crippen MR) is 116 cm³/mol.